The number of aliphatic hydroxyl groups excluding tert-OH is 1. The van der Waals surface area contributed by atoms with Crippen molar-refractivity contribution in [2.24, 2.45) is 5.73 Å². The number of halogens is 1. The molecule has 0 saturated heterocycles. The zero-order valence-corrected chi connectivity index (χ0v) is 12.1. The van der Waals surface area contributed by atoms with E-state index in [1.807, 2.05) is 24.3 Å². The van der Waals surface area contributed by atoms with Crippen molar-refractivity contribution in [1.29, 1.82) is 0 Å². The number of aliphatic hydroxyl groups is 1. The van der Waals surface area contributed by atoms with Crippen molar-refractivity contribution in [2.75, 3.05) is 13.2 Å². The molecule has 0 fully saturated rings. The SMILES string of the molecule is NCC(CO)(CCCc1ccccc1)c1cccc(F)c1. The van der Waals surface area contributed by atoms with E-state index in [4.69, 9.17) is 5.73 Å². The Morgan fingerprint density at radius 1 is 1.05 bits per heavy atom. The number of nitrogens with two attached hydrogens (primary N) is 1. The maximum Gasteiger partial charge on any atom is 0.123 e. The molecule has 0 aliphatic heterocycles. The van der Waals surface area contributed by atoms with Gasteiger partial charge in [0.25, 0.3) is 0 Å². The number of aryl methyl sites for hydroxylation is 1. The summed E-state index contributed by atoms with van der Waals surface area (Å²) in [5.74, 6) is -0.290. The lowest BCUT2D eigenvalue weighted by atomic mass is 9.76. The third kappa shape index (κ3) is 3.90. The molecule has 1 atom stereocenters. The van der Waals surface area contributed by atoms with Crippen molar-refractivity contribution in [2.45, 2.75) is 24.7 Å². The second-order valence-electron chi connectivity index (χ2n) is 5.49. The summed E-state index contributed by atoms with van der Waals surface area (Å²) in [5, 5.41) is 9.82. The molecule has 0 aliphatic carbocycles. The van der Waals surface area contributed by atoms with Crippen LogP contribution in [0.5, 0.6) is 0 Å². The van der Waals surface area contributed by atoms with E-state index in [-0.39, 0.29) is 12.4 Å². The Kier molecular flexibility index (Phi) is 5.48. The summed E-state index contributed by atoms with van der Waals surface area (Å²) >= 11 is 0. The van der Waals surface area contributed by atoms with Crippen LogP contribution in [0.2, 0.25) is 0 Å². The van der Waals surface area contributed by atoms with Gasteiger partial charge in [0.05, 0.1) is 6.61 Å². The Morgan fingerprint density at radius 3 is 2.43 bits per heavy atom. The Hall–Kier alpha value is -1.71. The first kappa shape index (κ1) is 15.7. The van der Waals surface area contributed by atoms with Gasteiger partial charge in [-0.05, 0) is 42.5 Å². The molecule has 2 rings (SSSR count). The van der Waals surface area contributed by atoms with Crippen LogP contribution in [0.25, 0.3) is 0 Å². The molecule has 2 aromatic rings. The molecule has 3 heteroatoms. The lowest BCUT2D eigenvalue weighted by molar-refractivity contribution is 0.185. The monoisotopic (exact) mass is 287 g/mol. The largest absolute Gasteiger partial charge is 0.395 e. The second kappa shape index (κ2) is 7.34. The second-order valence-corrected chi connectivity index (χ2v) is 5.49. The van der Waals surface area contributed by atoms with E-state index in [0.29, 0.717) is 6.54 Å². The molecule has 3 N–H and O–H groups in total. The highest BCUT2D eigenvalue weighted by atomic mass is 19.1. The standard InChI is InChI=1S/C18H22FNO/c19-17-10-4-9-16(12-17)18(13-20,14-21)11-5-8-15-6-2-1-3-7-15/h1-4,6-7,9-10,12,21H,5,8,11,13-14,20H2. The van der Waals surface area contributed by atoms with Crippen LogP contribution in [-0.2, 0) is 11.8 Å². The van der Waals surface area contributed by atoms with Gasteiger partial charge in [-0.2, -0.15) is 0 Å². The van der Waals surface area contributed by atoms with Crippen LogP contribution in [-0.4, -0.2) is 18.3 Å². The molecule has 2 nitrogen and oxygen atoms in total. The van der Waals surface area contributed by atoms with E-state index in [0.717, 1.165) is 24.8 Å². The maximum atomic E-state index is 13.4. The number of benzene rings is 2. The number of hydrogen-bond acceptors (Lipinski definition) is 2. The van der Waals surface area contributed by atoms with Crippen LogP contribution in [0.4, 0.5) is 4.39 Å². The van der Waals surface area contributed by atoms with Gasteiger partial charge in [-0.15, -0.1) is 0 Å². The van der Waals surface area contributed by atoms with Crippen LogP contribution in [0.3, 0.4) is 0 Å². The predicted octanol–water partition coefficient (Wildman–Crippen LogP) is 3.04. The summed E-state index contributed by atoms with van der Waals surface area (Å²) in [7, 11) is 0. The van der Waals surface area contributed by atoms with Crippen molar-refractivity contribution >= 4 is 0 Å². The predicted molar refractivity (Wildman–Crippen MR) is 83.6 cm³/mol. The summed E-state index contributed by atoms with van der Waals surface area (Å²) < 4.78 is 13.4. The van der Waals surface area contributed by atoms with E-state index in [1.165, 1.54) is 17.7 Å². The van der Waals surface area contributed by atoms with Crippen LogP contribution in [0, 0.1) is 5.82 Å². The molecular formula is C18H22FNO. The molecular weight excluding hydrogens is 265 g/mol. The third-order valence-corrected chi connectivity index (χ3v) is 4.09. The minimum absolute atomic E-state index is 0.0677. The summed E-state index contributed by atoms with van der Waals surface area (Å²) in [6, 6.07) is 16.6. The Morgan fingerprint density at radius 2 is 1.81 bits per heavy atom. The van der Waals surface area contributed by atoms with Gasteiger partial charge in [0.2, 0.25) is 0 Å². The Labute approximate surface area is 125 Å². The molecule has 0 aromatic heterocycles. The smallest absolute Gasteiger partial charge is 0.123 e. The summed E-state index contributed by atoms with van der Waals surface area (Å²) in [6.07, 6.45) is 2.56. The van der Waals surface area contributed by atoms with Gasteiger partial charge in [-0.25, -0.2) is 4.39 Å². The lowest BCUT2D eigenvalue weighted by Gasteiger charge is -2.31. The highest BCUT2D eigenvalue weighted by Gasteiger charge is 2.29. The van der Waals surface area contributed by atoms with Crippen molar-refractivity contribution in [3.8, 4) is 0 Å². The fraction of sp³-hybridized carbons (Fsp3) is 0.333. The Bertz CT molecular complexity index is 552. The van der Waals surface area contributed by atoms with Gasteiger partial charge in [0, 0.05) is 12.0 Å². The quantitative estimate of drug-likeness (QED) is 0.822. The van der Waals surface area contributed by atoms with Crippen molar-refractivity contribution < 1.29 is 9.50 Å². The van der Waals surface area contributed by atoms with Gasteiger partial charge in [-0.3, -0.25) is 0 Å². The highest BCUT2D eigenvalue weighted by molar-refractivity contribution is 5.27. The summed E-state index contributed by atoms with van der Waals surface area (Å²) in [6.45, 7) is 0.240. The molecule has 0 radical (unpaired) electrons. The maximum absolute atomic E-state index is 13.4. The highest BCUT2D eigenvalue weighted by Crippen LogP contribution is 2.29. The first-order valence-electron chi connectivity index (χ1n) is 7.31. The number of hydrogen-bond donors (Lipinski definition) is 2. The molecule has 0 bridgehead atoms. The number of rotatable bonds is 7. The first-order chi connectivity index (χ1) is 10.2. The molecule has 2 aromatic carbocycles. The van der Waals surface area contributed by atoms with Crippen molar-refractivity contribution in [3.63, 3.8) is 0 Å². The van der Waals surface area contributed by atoms with Crippen LogP contribution < -0.4 is 5.73 Å². The zero-order valence-electron chi connectivity index (χ0n) is 12.1. The van der Waals surface area contributed by atoms with E-state index >= 15 is 0 Å². The lowest BCUT2D eigenvalue weighted by Crippen LogP contribution is -2.39. The van der Waals surface area contributed by atoms with E-state index in [1.54, 1.807) is 6.07 Å². The average Bonchev–Trinajstić information content (AvgIpc) is 2.53. The molecule has 0 saturated carbocycles. The molecule has 0 amide bonds. The summed E-state index contributed by atoms with van der Waals surface area (Å²) in [5.41, 5.74) is 7.38. The minimum Gasteiger partial charge on any atom is -0.395 e. The van der Waals surface area contributed by atoms with Gasteiger partial charge < -0.3 is 10.8 Å². The van der Waals surface area contributed by atoms with Gasteiger partial charge >= 0.3 is 0 Å². The van der Waals surface area contributed by atoms with Crippen LogP contribution in [0.15, 0.2) is 54.6 Å². The van der Waals surface area contributed by atoms with Crippen molar-refractivity contribution in [1.82, 2.24) is 0 Å². The van der Waals surface area contributed by atoms with Crippen LogP contribution in [0.1, 0.15) is 24.0 Å². The average molecular weight is 287 g/mol. The third-order valence-electron chi connectivity index (χ3n) is 4.09. The molecule has 21 heavy (non-hydrogen) atoms. The van der Waals surface area contributed by atoms with Gasteiger partial charge in [0.1, 0.15) is 5.82 Å². The van der Waals surface area contributed by atoms with Crippen molar-refractivity contribution in [3.05, 3.63) is 71.5 Å². The fourth-order valence-electron chi connectivity index (χ4n) is 2.69. The summed E-state index contributed by atoms with van der Waals surface area (Å²) in [4.78, 5) is 0. The molecule has 0 spiro atoms. The van der Waals surface area contributed by atoms with E-state index in [9.17, 15) is 9.50 Å². The minimum atomic E-state index is -0.559. The Balaban J connectivity index is 2.08. The molecule has 112 valence electrons. The molecule has 0 aliphatic rings. The zero-order chi connectivity index (χ0) is 15.1. The molecule has 1 unspecified atom stereocenters. The van der Waals surface area contributed by atoms with E-state index in [2.05, 4.69) is 12.1 Å². The van der Waals surface area contributed by atoms with Gasteiger partial charge in [0.15, 0.2) is 0 Å². The topological polar surface area (TPSA) is 46.2 Å². The normalized spacial score (nSPS) is 13.9. The fourth-order valence-corrected chi connectivity index (χ4v) is 2.69. The first-order valence-corrected chi connectivity index (χ1v) is 7.31. The molecule has 0 heterocycles. The van der Waals surface area contributed by atoms with Gasteiger partial charge in [-0.1, -0.05) is 42.5 Å². The van der Waals surface area contributed by atoms with E-state index < -0.39 is 5.41 Å². The van der Waals surface area contributed by atoms with Crippen LogP contribution >= 0.6 is 0 Å².